The van der Waals surface area contributed by atoms with E-state index in [0.29, 0.717) is 22.3 Å². The summed E-state index contributed by atoms with van der Waals surface area (Å²) in [6.07, 6.45) is 1.72. The first kappa shape index (κ1) is 21.7. The third kappa shape index (κ3) is 3.78. The Morgan fingerprint density at radius 2 is 1.88 bits per heavy atom. The van der Waals surface area contributed by atoms with E-state index in [0.717, 1.165) is 16.8 Å². The number of aromatic hydroxyl groups is 1. The number of anilines is 1. The highest BCUT2D eigenvalue weighted by molar-refractivity contribution is 7.80. The molecule has 5 rings (SSSR count). The van der Waals surface area contributed by atoms with E-state index >= 15 is 0 Å². The van der Waals surface area contributed by atoms with Gasteiger partial charge in [-0.2, -0.15) is 0 Å². The highest BCUT2D eigenvalue weighted by atomic mass is 32.1. The molecule has 7 nitrogen and oxygen atoms in total. The van der Waals surface area contributed by atoms with Crippen LogP contribution in [-0.2, 0) is 0 Å². The Kier molecular flexibility index (Phi) is 5.51. The number of nitrogens with zero attached hydrogens (tertiary/aromatic N) is 2. The van der Waals surface area contributed by atoms with Gasteiger partial charge in [0.25, 0.3) is 0 Å². The Hall–Kier alpha value is -4.17. The van der Waals surface area contributed by atoms with Crippen molar-refractivity contribution in [1.29, 1.82) is 0 Å². The van der Waals surface area contributed by atoms with Crippen molar-refractivity contribution in [2.24, 2.45) is 0 Å². The number of carboxylic acid groups (broad SMARTS) is 1. The summed E-state index contributed by atoms with van der Waals surface area (Å²) in [4.78, 5) is 17.7. The monoisotopic (exact) mass is 471 g/mol. The maximum Gasteiger partial charge on any atom is 0.335 e. The SMILES string of the molecule is Cc1cc(C(=O)O)ccc1-c1ccc(C2C(c3ccccn3)NC(=S)N2c2ccccc2O)o1. The van der Waals surface area contributed by atoms with Gasteiger partial charge in [0.05, 0.1) is 23.0 Å². The molecule has 2 aromatic carbocycles. The van der Waals surface area contributed by atoms with E-state index in [4.69, 9.17) is 16.6 Å². The topological polar surface area (TPSA) is 98.8 Å². The minimum absolute atomic E-state index is 0.102. The Morgan fingerprint density at radius 1 is 1.09 bits per heavy atom. The molecule has 34 heavy (non-hydrogen) atoms. The largest absolute Gasteiger partial charge is 0.506 e. The van der Waals surface area contributed by atoms with Crippen LogP contribution in [-0.4, -0.2) is 26.3 Å². The fraction of sp³-hybridized carbons (Fsp3) is 0.115. The normalized spacial score (nSPS) is 17.6. The van der Waals surface area contributed by atoms with E-state index in [9.17, 15) is 15.0 Å². The van der Waals surface area contributed by atoms with Crippen molar-refractivity contribution in [2.45, 2.75) is 19.0 Å². The Labute approximate surface area is 201 Å². The number of nitrogens with one attached hydrogen (secondary N) is 1. The number of thiocarbonyl (C=S) groups is 1. The molecular weight excluding hydrogens is 450 g/mol. The van der Waals surface area contributed by atoms with E-state index < -0.39 is 12.0 Å². The molecule has 8 heteroatoms. The lowest BCUT2D eigenvalue weighted by atomic mass is 10.0. The summed E-state index contributed by atoms with van der Waals surface area (Å²) in [5, 5.41) is 23.6. The summed E-state index contributed by atoms with van der Waals surface area (Å²) in [6, 6.07) is 20.6. The molecule has 4 aromatic rings. The number of aryl methyl sites for hydroxylation is 1. The first-order chi connectivity index (χ1) is 16.4. The van der Waals surface area contributed by atoms with Gasteiger partial charge in [0.15, 0.2) is 5.11 Å². The summed E-state index contributed by atoms with van der Waals surface area (Å²) < 4.78 is 6.33. The Bertz CT molecular complexity index is 1390. The lowest BCUT2D eigenvalue weighted by Gasteiger charge is -2.26. The molecule has 1 saturated heterocycles. The molecule has 1 aliphatic heterocycles. The van der Waals surface area contributed by atoms with E-state index in [1.165, 1.54) is 0 Å². The van der Waals surface area contributed by atoms with E-state index in [1.807, 2.05) is 48.2 Å². The van der Waals surface area contributed by atoms with Crippen LogP contribution in [0.5, 0.6) is 5.75 Å². The quantitative estimate of drug-likeness (QED) is 0.340. The number of benzene rings is 2. The number of furan rings is 1. The van der Waals surface area contributed by atoms with E-state index in [1.54, 1.807) is 42.6 Å². The molecule has 0 radical (unpaired) electrons. The Balaban J connectivity index is 1.60. The second-order valence-corrected chi connectivity index (χ2v) is 8.41. The maximum absolute atomic E-state index is 11.3. The number of pyridine rings is 1. The van der Waals surface area contributed by atoms with Crippen molar-refractivity contribution in [3.63, 3.8) is 0 Å². The molecule has 0 bridgehead atoms. The number of rotatable bonds is 5. The molecule has 3 N–H and O–H groups in total. The van der Waals surface area contributed by atoms with Gasteiger partial charge in [-0.05, 0) is 73.2 Å². The zero-order valence-electron chi connectivity index (χ0n) is 18.2. The minimum atomic E-state index is -0.975. The molecule has 1 fully saturated rings. The van der Waals surface area contributed by atoms with Gasteiger partial charge >= 0.3 is 5.97 Å². The summed E-state index contributed by atoms with van der Waals surface area (Å²) >= 11 is 5.67. The third-order valence-corrected chi connectivity index (χ3v) is 6.21. The van der Waals surface area contributed by atoms with Crippen LogP contribution in [0.25, 0.3) is 11.3 Å². The van der Waals surface area contributed by atoms with Crippen LogP contribution in [0.1, 0.15) is 39.5 Å². The smallest absolute Gasteiger partial charge is 0.335 e. The standard InChI is InChI=1S/C26H21N3O4S/c1-15-14-16(25(31)32)9-10-17(15)21-11-12-22(33-21)24-23(18-6-4-5-13-27-18)28-26(34)29(24)19-7-2-3-8-20(19)30/h2-14,23-24,30H,1H3,(H,28,34)(H,31,32). The highest BCUT2D eigenvalue weighted by Gasteiger charge is 2.43. The summed E-state index contributed by atoms with van der Waals surface area (Å²) in [5.74, 6) is 0.365. The zero-order chi connectivity index (χ0) is 23.8. The average Bonchev–Trinajstić information content (AvgIpc) is 3.44. The average molecular weight is 472 g/mol. The highest BCUT2D eigenvalue weighted by Crippen LogP contribution is 2.45. The van der Waals surface area contributed by atoms with Crippen LogP contribution in [0.2, 0.25) is 0 Å². The molecule has 0 aliphatic carbocycles. The summed E-state index contributed by atoms with van der Waals surface area (Å²) in [6.45, 7) is 1.85. The minimum Gasteiger partial charge on any atom is -0.506 e. The van der Waals surface area contributed by atoms with Crippen molar-refractivity contribution in [3.05, 3.63) is 102 Å². The summed E-state index contributed by atoms with van der Waals surface area (Å²) in [5.41, 5.74) is 3.16. The molecule has 0 saturated carbocycles. The fourth-order valence-electron chi connectivity index (χ4n) is 4.30. The number of phenolic OH excluding ortho intramolecular Hbond substituents is 1. The zero-order valence-corrected chi connectivity index (χ0v) is 19.0. The second kappa shape index (κ2) is 8.64. The number of aromatic carboxylic acids is 1. The number of carbonyl (C=O) groups is 1. The van der Waals surface area contributed by atoms with Crippen molar-refractivity contribution >= 4 is 29.0 Å². The third-order valence-electron chi connectivity index (χ3n) is 5.90. The van der Waals surface area contributed by atoms with Crippen molar-refractivity contribution < 1.29 is 19.4 Å². The first-order valence-corrected chi connectivity index (χ1v) is 11.1. The van der Waals surface area contributed by atoms with Crippen molar-refractivity contribution in [3.8, 4) is 17.1 Å². The van der Waals surface area contributed by atoms with Gasteiger partial charge in [0.2, 0.25) is 0 Å². The number of hydrogen-bond donors (Lipinski definition) is 3. The number of para-hydroxylation sites is 2. The van der Waals surface area contributed by atoms with Gasteiger partial charge in [-0.15, -0.1) is 0 Å². The second-order valence-electron chi connectivity index (χ2n) is 8.02. The Morgan fingerprint density at radius 3 is 2.59 bits per heavy atom. The first-order valence-electron chi connectivity index (χ1n) is 10.7. The molecule has 2 unspecified atom stereocenters. The van der Waals surface area contributed by atoms with Crippen LogP contribution < -0.4 is 10.2 Å². The molecule has 0 amide bonds. The summed E-state index contributed by atoms with van der Waals surface area (Å²) in [7, 11) is 0. The molecular formula is C26H21N3O4S. The van der Waals surface area contributed by atoms with Gasteiger partial charge in [-0.3, -0.25) is 4.98 Å². The lowest BCUT2D eigenvalue weighted by molar-refractivity contribution is 0.0696. The predicted molar refractivity (Wildman–Crippen MR) is 132 cm³/mol. The van der Waals surface area contributed by atoms with E-state index in [2.05, 4.69) is 10.3 Å². The van der Waals surface area contributed by atoms with Crippen LogP contribution in [0.15, 0.2) is 83.4 Å². The number of phenols is 1. The van der Waals surface area contributed by atoms with E-state index in [-0.39, 0.29) is 17.4 Å². The molecule has 3 heterocycles. The molecule has 1 aliphatic rings. The fourth-order valence-corrected chi connectivity index (χ4v) is 4.64. The van der Waals surface area contributed by atoms with Crippen molar-refractivity contribution in [1.82, 2.24) is 10.3 Å². The van der Waals surface area contributed by atoms with Gasteiger partial charge in [-0.25, -0.2) is 4.79 Å². The molecule has 0 spiro atoms. The number of hydrogen-bond acceptors (Lipinski definition) is 5. The maximum atomic E-state index is 11.3. The predicted octanol–water partition coefficient (Wildman–Crippen LogP) is 5.23. The lowest BCUT2D eigenvalue weighted by Crippen LogP contribution is -2.29. The van der Waals surface area contributed by atoms with Crippen LogP contribution in [0.4, 0.5) is 5.69 Å². The number of aromatic nitrogens is 1. The molecule has 2 aromatic heterocycles. The number of carboxylic acids is 1. The van der Waals surface area contributed by atoms with Gasteiger partial charge in [0.1, 0.15) is 23.3 Å². The van der Waals surface area contributed by atoms with Gasteiger partial charge in [0, 0.05) is 11.8 Å². The van der Waals surface area contributed by atoms with Crippen LogP contribution in [0.3, 0.4) is 0 Å². The molecule has 2 atom stereocenters. The molecule has 170 valence electrons. The van der Waals surface area contributed by atoms with Gasteiger partial charge < -0.3 is 24.8 Å². The van der Waals surface area contributed by atoms with Crippen LogP contribution >= 0.6 is 12.2 Å². The van der Waals surface area contributed by atoms with Gasteiger partial charge in [-0.1, -0.05) is 24.3 Å². The van der Waals surface area contributed by atoms with Crippen LogP contribution in [0, 0.1) is 6.92 Å². The van der Waals surface area contributed by atoms with Crippen molar-refractivity contribution in [2.75, 3.05) is 4.90 Å².